The molecule has 1 atom stereocenters. The Morgan fingerprint density at radius 3 is 2.52 bits per heavy atom. The van der Waals surface area contributed by atoms with E-state index in [2.05, 4.69) is 4.98 Å². The zero-order valence-corrected chi connectivity index (χ0v) is 12.5. The number of carbonyl (C=O) groups excluding carboxylic acids is 1. The monoisotopic (exact) mass is 332 g/mol. The molecule has 23 heavy (non-hydrogen) atoms. The Balaban J connectivity index is 2.32. The minimum absolute atomic E-state index is 0.00135. The lowest BCUT2D eigenvalue weighted by atomic mass is 9.86. The van der Waals surface area contributed by atoms with E-state index < -0.39 is 36.4 Å². The predicted molar refractivity (Wildman–Crippen MR) is 72.2 cm³/mol. The molecule has 0 saturated carbocycles. The van der Waals surface area contributed by atoms with Gasteiger partial charge >= 0.3 is 12.1 Å². The number of methoxy groups -OCH3 is 1. The van der Waals surface area contributed by atoms with Crippen molar-refractivity contribution in [3.8, 4) is 5.88 Å². The molecule has 2 rings (SSSR count). The maximum absolute atomic E-state index is 13.1. The number of aryl methyl sites for hydroxylation is 1. The molecular weight excluding hydrogens is 317 g/mol. The number of halogens is 3. The molecule has 6 nitrogen and oxygen atoms in total. The van der Waals surface area contributed by atoms with Crippen LogP contribution in [0, 0.1) is 12.3 Å². The third kappa shape index (κ3) is 2.82. The first-order valence-electron chi connectivity index (χ1n) is 6.73. The second-order valence-electron chi connectivity index (χ2n) is 5.37. The summed E-state index contributed by atoms with van der Waals surface area (Å²) in [5.41, 5.74) is -2.36. The molecule has 1 aromatic heterocycles. The lowest BCUT2D eigenvalue weighted by molar-refractivity contribution is -0.227. The van der Waals surface area contributed by atoms with E-state index in [0.717, 1.165) is 4.90 Å². The molecular formula is C14H15F3N2O4. The largest absolute Gasteiger partial charge is 0.481 e. The van der Waals surface area contributed by atoms with Crippen molar-refractivity contribution in [3.05, 3.63) is 23.4 Å². The SMILES string of the molecule is COc1nc(C)ccc1C(=O)N1CCC(C(=O)O)(C(F)(F)F)C1. The molecule has 1 aliphatic heterocycles. The van der Waals surface area contributed by atoms with E-state index in [1.165, 1.54) is 19.2 Å². The number of amides is 1. The Kier molecular flexibility index (Phi) is 4.23. The number of ether oxygens (including phenoxy) is 1. The molecule has 1 aromatic rings. The van der Waals surface area contributed by atoms with Gasteiger partial charge in [0.15, 0.2) is 5.41 Å². The average molecular weight is 332 g/mol. The van der Waals surface area contributed by atoms with Gasteiger partial charge in [0.2, 0.25) is 5.88 Å². The predicted octanol–water partition coefficient (Wildman–Crippen LogP) is 1.88. The molecule has 0 radical (unpaired) electrons. The van der Waals surface area contributed by atoms with Crippen molar-refractivity contribution in [1.29, 1.82) is 0 Å². The van der Waals surface area contributed by atoms with Crippen LogP contribution in [0.3, 0.4) is 0 Å². The summed E-state index contributed by atoms with van der Waals surface area (Å²) in [5, 5.41) is 9.01. The second kappa shape index (κ2) is 5.71. The number of hydrogen-bond acceptors (Lipinski definition) is 4. The Labute approximate surface area is 129 Å². The van der Waals surface area contributed by atoms with Crippen LogP contribution in [0.5, 0.6) is 5.88 Å². The smallest absolute Gasteiger partial charge is 0.406 e. The molecule has 1 N–H and O–H groups in total. The van der Waals surface area contributed by atoms with E-state index in [1.54, 1.807) is 6.92 Å². The highest BCUT2D eigenvalue weighted by Gasteiger charge is 2.64. The van der Waals surface area contributed by atoms with Crippen molar-refractivity contribution in [3.63, 3.8) is 0 Å². The minimum atomic E-state index is -4.94. The third-order valence-electron chi connectivity index (χ3n) is 3.93. The number of carboxylic acids is 1. The molecule has 1 amide bonds. The number of aromatic nitrogens is 1. The van der Waals surface area contributed by atoms with Gasteiger partial charge in [-0.25, -0.2) is 4.98 Å². The highest BCUT2D eigenvalue weighted by molar-refractivity contribution is 5.97. The number of nitrogens with zero attached hydrogens (tertiary/aromatic N) is 2. The van der Waals surface area contributed by atoms with Gasteiger partial charge in [0, 0.05) is 18.8 Å². The highest BCUT2D eigenvalue weighted by Crippen LogP contribution is 2.46. The number of aliphatic carboxylic acids is 1. The molecule has 1 aliphatic rings. The Morgan fingerprint density at radius 2 is 2.04 bits per heavy atom. The van der Waals surface area contributed by atoms with E-state index in [9.17, 15) is 22.8 Å². The van der Waals surface area contributed by atoms with Gasteiger partial charge in [-0.05, 0) is 25.5 Å². The van der Waals surface area contributed by atoms with E-state index in [4.69, 9.17) is 9.84 Å². The van der Waals surface area contributed by atoms with Crippen LogP contribution in [0.2, 0.25) is 0 Å². The van der Waals surface area contributed by atoms with Crippen LogP contribution in [-0.2, 0) is 4.79 Å². The number of hydrogen-bond donors (Lipinski definition) is 1. The first-order valence-corrected chi connectivity index (χ1v) is 6.73. The summed E-state index contributed by atoms with van der Waals surface area (Å²) in [6.45, 7) is 0.440. The van der Waals surface area contributed by atoms with Crippen molar-refractivity contribution in [2.75, 3.05) is 20.2 Å². The summed E-state index contributed by atoms with van der Waals surface area (Å²) in [6.07, 6.45) is -5.62. The highest BCUT2D eigenvalue weighted by atomic mass is 19.4. The first-order chi connectivity index (χ1) is 10.6. The fraction of sp³-hybridized carbons (Fsp3) is 0.500. The summed E-state index contributed by atoms with van der Waals surface area (Å²) >= 11 is 0. The molecule has 0 spiro atoms. The quantitative estimate of drug-likeness (QED) is 0.914. The standard InChI is InChI=1S/C14H15F3N2O4/c1-8-3-4-9(10(18-8)23-2)11(20)19-6-5-13(7-19,12(21)22)14(15,16)17/h3-4H,5-7H2,1-2H3,(H,21,22). The first kappa shape index (κ1) is 17.0. The van der Waals surface area contributed by atoms with Crippen LogP contribution in [0.15, 0.2) is 12.1 Å². The molecule has 9 heteroatoms. The number of rotatable bonds is 3. The van der Waals surface area contributed by atoms with Crippen molar-refractivity contribution >= 4 is 11.9 Å². The number of pyridine rings is 1. The van der Waals surface area contributed by atoms with Crippen molar-refractivity contribution in [1.82, 2.24) is 9.88 Å². The van der Waals surface area contributed by atoms with Gasteiger partial charge in [0.25, 0.3) is 5.91 Å². The second-order valence-corrected chi connectivity index (χ2v) is 5.37. The van der Waals surface area contributed by atoms with Gasteiger partial charge in [0.05, 0.1) is 7.11 Å². The van der Waals surface area contributed by atoms with Crippen LogP contribution in [-0.4, -0.2) is 53.2 Å². The Hall–Kier alpha value is -2.32. The van der Waals surface area contributed by atoms with Crippen LogP contribution in [0.1, 0.15) is 22.5 Å². The maximum Gasteiger partial charge on any atom is 0.406 e. The molecule has 1 unspecified atom stereocenters. The van der Waals surface area contributed by atoms with Crippen LogP contribution in [0.4, 0.5) is 13.2 Å². The third-order valence-corrected chi connectivity index (χ3v) is 3.93. The Bertz CT molecular complexity index is 647. The Morgan fingerprint density at radius 1 is 1.39 bits per heavy atom. The van der Waals surface area contributed by atoms with E-state index in [-0.39, 0.29) is 18.0 Å². The number of carbonyl (C=O) groups is 2. The van der Waals surface area contributed by atoms with Crippen molar-refractivity contribution in [2.45, 2.75) is 19.5 Å². The number of likely N-dealkylation sites (tertiary alicyclic amines) is 1. The molecule has 1 fully saturated rings. The zero-order valence-electron chi connectivity index (χ0n) is 12.5. The van der Waals surface area contributed by atoms with Crippen LogP contribution < -0.4 is 4.74 Å². The summed E-state index contributed by atoms with van der Waals surface area (Å²) < 4.78 is 44.4. The van der Waals surface area contributed by atoms with Gasteiger partial charge in [-0.1, -0.05) is 0 Å². The molecule has 0 aliphatic carbocycles. The normalized spacial score (nSPS) is 21.3. The van der Waals surface area contributed by atoms with Crippen molar-refractivity contribution < 1.29 is 32.6 Å². The van der Waals surface area contributed by atoms with Crippen LogP contribution >= 0.6 is 0 Å². The van der Waals surface area contributed by atoms with Crippen LogP contribution in [0.25, 0.3) is 0 Å². The average Bonchev–Trinajstić information content (AvgIpc) is 2.92. The fourth-order valence-electron chi connectivity index (χ4n) is 2.53. The molecule has 0 bridgehead atoms. The number of alkyl halides is 3. The number of carboxylic acid groups (broad SMARTS) is 1. The van der Waals surface area contributed by atoms with E-state index in [0.29, 0.717) is 5.69 Å². The van der Waals surface area contributed by atoms with E-state index >= 15 is 0 Å². The summed E-state index contributed by atoms with van der Waals surface area (Å²) in [7, 11) is 1.29. The van der Waals surface area contributed by atoms with E-state index in [1.807, 2.05) is 0 Å². The summed E-state index contributed by atoms with van der Waals surface area (Å²) in [4.78, 5) is 28.4. The van der Waals surface area contributed by atoms with Gasteiger partial charge in [0.1, 0.15) is 5.56 Å². The molecule has 2 heterocycles. The summed E-state index contributed by atoms with van der Waals surface area (Å²) in [5.74, 6) is -2.72. The van der Waals surface area contributed by atoms with Crippen molar-refractivity contribution in [2.24, 2.45) is 5.41 Å². The lowest BCUT2D eigenvalue weighted by Crippen LogP contribution is -2.47. The maximum atomic E-state index is 13.1. The molecule has 126 valence electrons. The summed E-state index contributed by atoms with van der Waals surface area (Å²) in [6, 6.07) is 2.93. The fourth-order valence-corrected chi connectivity index (χ4v) is 2.53. The molecule has 0 aromatic carbocycles. The van der Waals surface area contributed by atoms with Gasteiger partial charge < -0.3 is 14.7 Å². The zero-order chi connectivity index (χ0) is 17.4. The topological polar surface area (TPSA) is 79.7 Å². The van der Waals surface area contributed by atoms with Gasteiger partial charge in [-0.2, -0.15) is 13.2 Å². The van der Waals surface area contributed by atoms with Gasteiger partial charge in [-0.15, -0.1) is 0 Å². The lowest BCUT2D eigenvalue weighted by Gasteiger charge is -2.27. The minimum Gasteiger partial charge on any atom is -0.481 e. The van der Waals surface area contributed by atoms with Gasteiger partial charge in [-0.3, -0.25) is 9.59 Å². The molecule has 1 saturated heterocycles.